The standard InChI is InChI=1S/C15H26O5/c1-12(2,3)15-8-16-13(4,5)18-10(15)9-11(20-15)19-14(6,7)17-9/h9-11H,8H2,1-7H3. The average Bonchev–Trinajstić information content (AvgIpc) is 2.67. The molecule has 116 valence electrons. The Balaban J connectivity index is 1.96. The summed E-state index contributed by atoms with van der Waals surface area (Å²) in [5.41, 5.74) is -0.691. The largest absolute Gasteiger partial charge is 0.347 e. The number of fused-ring (bicyclic) bond motifs is 3. The summed E-state index contributed by atoms with van der Waals surface area (Å²) in [4.78, 5) is 0. The molecule has 4 unspecified atom stereocenters. The molecule has 3 rings (SSSR count). The van der Waals surface area contributed by atoms with Crippen molar-refractivity contribution in [3.63, 3.8) is 0 Å². The molecule has 4 atom stereocenters. The molecular weight excluding hydrogens is 260 g/mol. The summed E-state index contributed by atoms with van der Waals surface area (Å²) in [7, 11) is 0. The fourth-order valence-electron chi connectivity index (χ4n) is 3.31. The van der Waals surface area contributed by atoms with Crippen LogP contribution < -0.4 is 0 Å². The minimum Gasteiger partial charge on any atom is -0.347 e. The fourth-order valence-corrected chi connectivity index (χ4v) is 3.31. The van der Waals surface area contributed by atoms with Crippen molar-refractivity contribution in [2.24, 2.45) is 5.41 Å². The summed E-state index contributed by atoms with van der Waals surface area (Å²) < 4.78 is 30.2. The number of hydrogen-bond donors (Lipinski definition) is 0. The van der Waals surface area contributed by atoms with Gasteiger partial charge in [0, 0.05) is 0 Å². The van der Waals surface area contributed by atoms with Gasteiger partial charge in [-0.05, 0) is 33.1 Å². The first kappa shape index (κ1) is 14.7. The van der Waals surface area contributed by atoms with Crippen molar-refractivity contribution in [2.45, 2.75) is 84.1 Å². The van der Waals surface area contributed by atoms with Gasteiger partial charge in [-0.15, -0.1) is 0 Å². The third-order valence-electron chi connectivity index (χ3n) is 4.49. The topological polar surface area (TPSA) is 46.2 Å². The van der Waals surface area contributed by atoms with Gasteiger partial charge in [-0.25, -0.2) is 0 Å². The Bertz CT molecular complexity index is 411. The van der Waals surface area contributed by atoms with E-state index in [4.69, 9.17) is 23.7 Å². The van der Waals surface area contributed by atoms with E-state index in [1.807, 2.05) is 27.7 Å². The second-order valence-corrected chi connectivity index (χ2v) is 7.95. The highest BCUT2D eigenvalue weighted by Gasteiger charge is 2.69. The lowest BCUT2D eigenvalue weighted by Crippen LogP contribution is -2.64. The van der Waals surface area contributed by atoms with Crippen LogP contribution in [-0.4, -0.2) is 42.3 Å². The maximum atomic E-state index is 6.27. The van der Waals surface area contributed by atoms with E-state index in [0.29, 0.717) is 6.61 Å². The average molecular weight is 286 g/mol. The van der Waals surface area contributed by atoms with E-state index in [1.165, 1.54) is 0 Å². The number of rotatable bonds is 0. The Kier molecular flexibility index (Phi) is 2.91. The van der Waals surface area contributed by atoms with Crippen LogP contribution in [-0.2, 0) is 23.7 Å². The predicted molar refractivity (Wildman–Crippen MR) is 72.0 cm³/mol. The monoisotopic (exact) mass is 286 g/mol. The molecule has 0 aliphatic carbocycles. The highest BCUT2D eigenvalue weighted by atomic mass is 16.9. The quantitative estimate of drug-likeness (QED) is 0.684. The Labute approximate surface area is 120 Å². The summed E-state index contributed by atoms with van der Waals surface area (Å²) in [5.74, 6) is -1.26. The molecule has 0 aromatic rings. The zero-order chi connectivity index (χ0) is 15.0. The van der Waals surface area contributed by atoms with Gasteiger partial charge in [0.05, 0.1) is 6.61 Å². The van der Waals surface area contributed by atoms with Gasteiger partial charge in [-0.2, -0.15) is 0 Å². The van der Waals surface area contributed by atoms with Gasteiger partial charge >= 0.3 is 0 Å². The molecule has 3 heterocycles. The molecule has 5 nitrogen and oxygen atoms in total. The Morgan fingerprint density at radius 1 is 0.850 bits per heavy atom. The van der Waals surface area contributed by atoms with Crippen molar-refractivity contribution < 1.29 is 23.7 Å². The maximum Gasteiger partial charge on any atom is 0.190 e. The molecule has 0 N–H and O–H groups in total. The van der Waals surface area contributed by atoms with Crippen LogP contribution in [0.15, 0.2) is 0 Å². The molecule has 0 aromatic carbocycles. The number of ether oxygens (including phenoxy) is 5. The Morgan fingerprint density at radius 3 is 2.10 bits per heavy atom. The van der Waals surface area contributed by atoms with E-state index < -0.39 is 23.5 Å². The van der Waals surface area contributed by atoms with E-state index >= 15 is 0 Å². The SMILES string of the molecule is CC1(C)OC2OC3(C(C)(C)C)COC(C)(C)OC3C2O1. The molecule has 3 aliphatic heterocycles. The fraction of sp³-hybridized carbons (Fsp3) is 1.00. The van der Waals surface area contributed by atoms with Crippen LogP contribution in [0.2, 0.25) is 0 Å². The molecule has 0 spiro atoms. The van der Waals surface area contributed by atoms with Crippen LogP contribution in [0.3, 0.4) is 0 Å². The van der Waals surface area contributed by atoms with Gasteiger partial charge in [0.15, 0.2) is 17.9 Å². The van der Waals surface area contributed by atoms with Crippen molar-refractivity contribution in [3.05, 3.63) is 0 Å². The van der Waals surface area contributed by atoms with Crippen LogP contribution in [0.1, 0.15) is 48.5 Å². The van der Waals surface area contributed by atoms with Crippen molar-refractivity contribution in [1.82, 2.24) is 0 Å². The zero-order valence-corrected chi connectivity index (χ0v) is 13.5. The van der Waals surface area contributed by atoms with Crippen LogP contribution in [0.4, 0.5) is 0 Å². The molecule has 5 heteroatoms. The normalized spacial score (nSPS) is 46.0. The summed E-state index contributed by atoms with van der Waals surface area (Å²) in [6, 6.07) is 0. The molecule has 0 amide bonds. The summed E-state index contributed by atoms with van der Waals surface area (Å²) in [6.07, 6.45) is -0.808. The molecule has 0 bridgehead atoms. The zero-order valence-electron chi connectivity index (χ0n) is 13.5. The van der Waals surface area contributed by atoms with E-state index in [2.05, 4.69) is 20.8 Å². The van der Waals surface area contributed by atoms with E-state index in [9.17, 15) is 0 Å². The van der Waals surface area contributed by atoms with Crippen LogP contribution >= 0.6 is 0 Å². The van der Waals surface area contributed by atoms with Crippen molar-refractivity contribution in [2.75, 3.05) is 6.61 Å². The predicted octanol–water partition coefficient (Wildman–Crippen LogP) is 2.43. The lowest BCUT2D eigenvalue weighted by Gasteiger charge is -2.51. The maximum absolute atomic E-state index is 6.27. The first-order valence-corrected chi connectivity index (χ1v) is 7.31. The molecule has 3 saturated heterocycles. The van der Waals surface area contributed by atoms with Crippen LogP contribution in [0.5, 0.6) is 0 Å². The molecule has 20 heavy (non-hydrogen) atoms. The summed E-state index contributed by atoms with van der Waals surface area (Å²) >= 11 is 0. The van der Waals surface area contributed by atoms with Crippen LogP contribution in [0.25, 0.3) is 0 Å². The smallest absolute Gasteiger partial charge is 0.190 e. The minimum absolute atomic E-state index is 0.143. The molecular formula is C15H26O5. The second kappa shape index (κ2) is 3.96. The molecule has 0 saturated carbocycles. The van der Waals surface area contributed by atoms with Crippen LogP contribution in [0, 0.1) is 5.41 Å². The first-order chi connectivity index (χ1) is 8.96. The van der Waals surface area contributed by atoms with E-state index in [1.54, 1.807) is 0 Å². The lowest BCUT2D eigenvalue weighted by molar-refractivity contribution is -0.366. The third-order valence-corrected chi connectivity index (χ3v) is 4.49. The molecule has 0 radical (unpaired) electrons. The van der Waals surface area contributed by atoms with E-state index in [0.717, 1.165) is 0 Å². The highest BCUT2D eigenvalue weighted by Crippen LogP contribution is 2.53. The lowest BCUT2D eigenvalue weighted by atomic mass is 9.72. The molecule has 0 aromatic heterocycles. The Morgan fingerprint density at radius 2 is 1.50 bits per heavy atom. The second-order valence-electron chi connectivity index (χ2n) is 7.95. The first-order valence-electron chi connectivity index (χ1n) is 7.31. The third kappa shape index (κ3) is 2.03. The summed E-state index contributed by atoms with van der Waals surface area (Å²) in [5, 5.41) is 0. The van der Waals surface area contributed by atoms with E-state index in [-0.39, 0.29) is 17.6 Å². The highest BCUT2D eigenvalue weighted by molar-refractivity contribution is 5.11. The minimum atomic E-state index is -0.634. The van der Waals surface area contributed by atoms with Gasteiger partial charge in [-0.3, -0.25) is 0 Å². The van der Waals surface area contributed by atoms with Gasteiger partial charge in [0.25, 0.3) is 0 Å². The van der Waals surface area contributed by atoms with Crippen molar-refractivity contribution in [1.29, 1.82) is 0 Å². The molecule has 3 fully saturated rings. The van der Waals surface area contributed by atoms with Gasteiger partial charge < -0.3 is 23.7 Å². The molecule has 3 aliphatic rings. The van der Waals surface area contributed by atoms with Gasteiger partial charge in [0.1, 0.15) is 17.8 Å². The number of hydrogen-bond acceptors (Lipinski definition) is 5. The van der Waals surface area contributed by atoms with Gasteiger partial charge in [0.2, 0.25) is 0 Å². The van der Waals surface area contributed by atoms with Crippen molar-refractivity contribution in [3.8, 4) is 0 Å². The Hall–Kier alpha value is -0.200. The van der Waals surface area contributed by atoms with Crippen molar-refractivity contribution >= 4 is 0 Å². The van der Waals surface area contributed by atoms with Gasteiger partial charge in [-0.1, -0.05) is 20.8 Å². The summed E-state index contributed by atoms with van der Waals surface area (Å²) in [6.45, 7) is 14.5.